The molecular weight excluding hydrogens is 266 g/mol. The molecule has 0 aromatic heterocycles. The molecule has 0 heterocycles. The lowest BCUT2D eigenvalue weighted by Gasteiger charge is -2.29. The number of halogens is 1. The molecule has 0 bridgehead atoms. The van der Waals surface area contributed by atoms with Crippen molar-refractivity contribution < 1.29 is 4.74 Å². The Bertz CT molecular complexity index is 333. The summed E-state index contributed by atoms with van der Waals surface area (Å²) in [5, 5.41) is 0. The molecule has 1 atom stereocenters. The largest absolute Gasteiger partial charge is 0.492 e. The highest BCUT2D eigenvalue weighted by Gasteiger charge is 2.23. The van der Waals surface area contributed by atoms with Crippen molar-refractivity contribution in [2.75, 3.05) is 13.2 Å². The van der Waals surface area contributed by atoms with Crippen LogP contribution in [-0.2, 0) is 0 Å². The van der Waals surface area contributed by atoms with Gasteiger partial charge < -0.3 is 10.5 Å². The van der Waals surface area contributed by atoms with Crippen molar-refractivity contribution in [1.29, 1.82) is 0 Å². The summed E-state index contributed by atoms with van der Waals surface area (Å²) in [4.78, 5) is 0. The monoisotopic (exact) mass is 285 g/mol. The average molecular weight is 286 g/mol. The lowest BCUT2D eigenvalue weighted by atomic mass is 9.81. The van der Waals surface area contributed by atoms with Gasteiger partial charge in [-0.3, -0.25) is 0 Å². The minimum absolute atomic E-state index is 0.177. The minimum atomic E-state index is 0.177. The van der Waals surface area contributed by atoms with Gasteiger partial charge in [-0.2, -0.15) is 0 Å². The minimum Gasteiger partial charge on any atom is -0.492 e. The smallest absolute Gasteiger partial charge is 0.133 e. The molecule has 1 rings (SSSR count). The van der Waals surface area contributed by atoms with Gasteiger partial charge in [-0.25, -0.2) is 0 Å². The quantitative estimate of drug-likeness (QED) is 0.920. The van der Waals surface area contributed by atoms with Gasteiger partial charge in [0, 0.05) is 5.92 Å². The van der Waals surface area contributed by atoms with Gasteiger partial charge in [0.1, 0.15) is 5.75 Å². The number of nitrogens with two attached hydrogens (primary N) is 1. The van der Waals surface area contributed by atoms with E-state index >= 15 is 0 Å². The molecule has 1 unspecified atom stereocenters. The fourth-order valence-corrected chi connectivity index (χ4v) is 1.82. The third-order valence-electron chi connectivity index (χ3n) is 2.79. The highest BCUT2D eigenvalue weighted by molar-refractivity contribution is 9.10. The summed E-state index contributed by atoms with van der Waals surface area (Å²) < 4.78 is 6.78. The topological polar surface area (TPSA) is 35.2 Å². The normalized spacial score (nSPS) is 13.6. The van der Waals surface area contributed by atoms with Crippen LogP contribution in [0.2, 0.25) is 0 Å². The average Bonchev–Trinajstić information content (AvgIpc) is 2.19. The number of rotatable bonds is 4. The second-order valence-electron chi connectivity index (χ2n) is 5.04. The van der Waals surface area contributed by atoms with Crippen molar-refractivity contribution in [2.45, 2.75) is 20.8 Å². The highest BCUT2D eigenvalue weighted by Crippen LogP contribution is 2.28. The third-order valence-corrected chi connectivity index (χ3v) is 3.44. The molecule has 3 heteroatoms. The Morgan fingerprint density at radius 2 is 1.94 bits per heavy atom. The first-order valence-electron chi connectivity index (χ1n) is 5.52. The second-order valence-corrected chi connectivity index (χ2v) is 5.89. The molecule has 0 spiro atoms. The summed E-state index contributed by atoms with van der Waals surface area (Å²) in [5.41, 5.74) is 5.95. The molecule has 0 aliphatic carbocycles. The van der Waals surface area contributed by atoms with E-state index in [9.17, 15) is 0 Å². The van der Waals surface area contributed by atoms with Crippen molar-refractivity contribution in [3.63, 3.8) is 0 Å². The maximum atomic E-state index is 5.79. The number of ether oxygens (including phenoxy) is 1. The van der Waals surface area contributed by atoms with E-state index in [0.717, 1.165) is 10.2 Å². The molecule has 0 saturated carbocycles. The van der Waals surface area contributed by atoms with E-state index in [2.05, 4.69) is 36.7 Å². The zero-order valence-corrected chi connectivity index (χ0v) is 11.8. The second kappa shape index (κ2) is 5.69. The maximum Gasteiger partial charge on any atom is 0.133 e. The summed E-state index contributed by atoms with van der Waals surface area (Å²) in [5.74, 6) is 1.24. The van der Waals surface area contributed by atoms with Crippen molar-refractivity contribution in [1.82, 2.24) is 0 Å². The summed E-state index contributed by atoms with van der Waals surface area (Å²) in [6, 6.07) is 7.87. The van der Waals surface area contributed by atoms with Gasteiger partial charge in [0.25, 0.3) is 0 Å². The van der Waals surface area contributed by atoms with Crippen molar-refractivity contribution in [3.05, 3.63) is 28.7 Å². The fourth-order valence-electron chi connectivity index (χ4n) is 1.42. The standard InChI is InChI=1S/C13H20BrNO/c1-13(2,3)10(8-15)9-16-12-7-5-4-6-11(12)14/h4-7,10H,8-9,15H2,1-3H3. The molecular formula is C13H20BrNO. The summed E-state index contributed by atoms with van der Waals surface area (Å²) in [6.07, 6.45) is 0. The summed E-state index contributed by atoms with van der Waals surface area (Å²) >= 11 is 3.46. The van der Waals surface area contributed by atoms with Crippen LogP contribution in [0, 0.1) is 11.3 Å². The molecule has 0 amide bonds. The number of hydrogen-bond donors (Lipinski definition) is 1. The molecule has 2 nitrogen and oxygen atoms in total. The summed E-state index contributed by atoms with van der Waals surface area (Å²) in [6.45, 7) is 7.87. The predicted molar refractivity (Wildman–Crippen MR) is 71.6 cm³/mol. The molecule has 1 aromatic rings. The first kappa shape index (κ1) is 13.5. The van der Waals surface area contributed by atoms with Crippen LogP contribution >= 0.6 is 15.9 Å². The van der Waals surface area contributed by atoms with E-state index in [1.165, 1.54) is 0 Å². The van der Waals surface area contributed by atoms with Gasteiger partial charge in [-0.1, -0.05) is 32.9 Å². The van der Waals surface area contributed by atoms with Gasteiger partial charge in [0.05, 0.1) is 11.1 Å². The van der Waals surface area contributed by atoms with E-state index in [0.29, 0.717) is 19.1 Å². The Morgan fingerprint density at radius 1 is 1.31 bits per heavy atom. The number of para-hydroxylation sites is 1. The van der Waals surface area contributed by atoms with Crippen LogP contribution < -0.4 is 10.5 Å². The van der Waals surface area contributed by atoms with Gasteiger partial charge in [-0.15, -0.1) is 0 Å². The van der Waals surface area contributed by atoms with Crippen LogP contribution in [0.4, 0.5) is 0 Å². The zero-order chi connectivity index (χ0) is 12.2. The predicted octanol–water partition coefficient (Wildman–Crippen LogP) is 3.45. The van der Waals surface area contributed by atoms with E-state index in [-0.39, 0.29) is 5.41 Å². The SMILES string of the molecule is CC(C)(C)C(CN)COc1ccccc1Br. The zero-order valence-electron chi connectivity index (χ0n) is 10.2. The lowest BCUT2D eigenvalue weighted by molar-refractivity contribution is 0.151. The highest BCUT2D eigenvalue weighted by atomic mass is 79.9. The first-order valence-corrected chi connectivity index (χ1v) is 6.32. The lowest BCUT2D eigenvalue weighted by Crippen LogP contribution is -2.33. The first-order chi connectivity index (χ1) is 7.45. The molecule has 0 radical (unpaired) electrons. The molecule has 0 aliphatic rings. The molecule has 0 fully saturated rings. The Kier molecular flexibility index (Phi) is 4.81. The Morgan fingerprint density at radius 3 is 2.44 bits per heavy atom. The van der Waals surface area contributed by atoms with Crippen LogP contribution in [0.25, 0.3) is 0 Å². The number of hydrogen-bond acceptors (Lipinski definition) is 2. The molecule has 16 heavy (non-hydrogen) atoms. The van der Waals surface area contributed by atoms with Crippen molar-refractivity contribution in [3.8, 4) is 5.75 Å². The van der Waals surface area contributed by atoms with E-state index < -0.39 is 0 Å². The van der Waals surface area contributed by atoms with Crippen LogP contribution in [0.3, 0.4) is 0 Å². The van der Waals surface area contributed by atoms with Crippen LogP contribution in [0.15, 0.2) is 28.7 Å². The Hall–Kier alpha value is -0.540. The Labute approximate surface area is 106 Å². The van der Waals surface area contributed by atoms with Gasteiger partial charge in [-0.05, 0) is 40.0 Å². The van der Waals surface area contributed by atoms with E-state index in [4.69, 9.17) is 10.5 Å². The van der Waals surface area contributed by atoms with Gasteiger partial charge in [0.15, 0.2) is 0 Å². The van der Waals surface area contributed by atoms with Crippen LogP contribution in [0.1, 0.15) is 20.8 Å². The van der Waals surface area contributed by atoms with Crippen LogP contribution in [0.5, 0.6) is 5.75 Å². The van der Waals surface area contributed by atoms with Gasteiger partial charge in [0.2, 0.25) is 0 Å². The Balaban J connectivity index is 2.60. The molecule has 0 saturated heterocycles. The van der Waals surface area contributed by atoms with Crippen LogP contribution in [-0.4, -0.2) is 13.2 Å². The summed E-state index contributed by atoms with van der Waals surface area (Å²) in [7, 11) is 0. The fraction of sp³-hybridized carbons (Fsp3) is 0.538. The molecule has 1 aromatic carbocycles. The van der Waals surface area contributed by atoms with Crippen molar-refractivity contribution >= 4 is 15.9 Å². The third kappa shape index (κ3) is 3.80. The van der Waals surface area contributed by atoms with E-state index in [1.807, 2.05) is 24.3 Å². The maximum absolute atomic E-state index is 5.79. The number of benzene rings is 1. The van der Waals surface area contributed by atoms with E-state index in [1.54, 1.807) is 0 Å². The molecule has 0 aliphatic heterocycles. The molecule has 90 valence electrons. The van der Waals surface area contributed by atoms with Crippen molar-refractivity contribution in [2.24, 2.45) is 17.1 Å². The van der Waals surface area contributed by atoms with Gasteiger partial charge >= 0.3 is 0 Å². The molecule has 2 N–H and O–H groups in total.